The summed E-state index contributed by atoms with van der Waals surface area (Å²) in [6.07, 6.45) is 3.75. The Kier molecular flexibility index (Phi) is 4.25. The standard InChI is InChI=1S/C14H15N3S/c15-14(18)17-13-8-5-11(6-9-13)4-7-12-3-1-2-10-16-12/h1-3,5-6,8-10H,4,7H2,(H3,15,17,18). The van der Waals surface area contributed by atoms with Crippen LogP contribution in [0.15, 0.2) is 48.7 Å². The zero-order valence-electron chi connectivity index (χ0n) is 9.97. The van der Waals surface area contributed by atoms with E-state index >= 15 is 0 Å². The summed E-state index contributed by atoms with van der Waals surface area (Å²) in [5.74, 6) is 0. The highest BCUT2D eigenvalue weighted by atomic mass is 32.1. The second-order valence-electron chi connectivity index (χ2n) is 4.01. The zero-order chi connectivity index (χ0) is 12.8. The molecule has 92 valence electrons. The number of nitrogens with one attached hydrogen (secondary N) is 1. The van der Waals surface area contributed by atoms with Crippen LogP contribution in [0.25, 0.3) is 0 Å². The normalized spacial score (nSPS) is 10.0. The van der Waals surface area contributed by atoms with E-state index in [0.29, 0.717) is 0 Å². The van der Waals surface area contributed by atoms with Crippen LogP contribution >= 0.6 is 12.2 Å². The van der Waals surface area contributed by atoms with E-state index in [-0.39, 0.29) is 5.11 Å². The van der Waals surface area contributed by atoms with Crippen molar-refractivity contribution in [1.29, 1.82) is 0 Å². The number of hydrogen-bond acceptors (Lipinski definition) is 2. The van der Waals surface area contributed by atoms with Gasteiger partial charge in [0.1, 0.15) is 0 Å². The van der Waals surface area contributed by atoms with Crippen molar-refractivity contribution >= 4 is 23.0 Å². The van der Waals surface area contributed by atoms with Crippen molar-refractivity contribution in [1.82, 2.24) is 4.98 Å². The number of nitrogens with zero attached hydrogens (tertiary/aromatic N) is 1. The van der Waals surface area contributed by atoms with Gasteiger partial charge in [0.25, 0.3) is 0 Å². The van der Waals surface area contributed by atoms with Crippen LogP contribution in [-0.2, 0) is 12.8 Å². The van der Waals surface area contributed by atoms with Crippen LogP contribution < -0.4 is 11.1 Å². The maximum Gasteiger partial charge on any atom is 0.168 e. The molecule has 0 aliphatic carbocycles. The number of hydrogen-bond donors (Lipinski definition) is 2. The molecule has 0 spiro atoms. The first kappa shape index (κ1) is 12.5. The summed E-state index contributed by atoms with van der Waals surface area (Å²) in [4.78, 5) is 4.30. The number of thiocarbonyl (C=S) groups is 1. The van der Waals surface area contributed by atoms with Gasteiger partial charge in [0, 0.05) is 17.6 Å². The molecule has 0 fully saturated rings. The minimum absolute atomic E-state index is 0.288. The first-order valence-electron chi connectivity index (χ1n) is 5.79. The van der Waals surface area contributed by atoms with Crippen LogP contribution in [0.4, 0.5) is 5.69 Å². The molecule has 0 radical (unpaired) electrons. The summed E-state index contributed by atoms with van der Waals surface area (Å²) in [6.45, 7) is 0. The Labute approximate surface area is 112 Å². The van der Waals surface area contributed by atoms with Crippen molar-refractivity contribution in [2.24, 2.45) is 5.73 Å². The smallest absolute Gasteiger partial charge is 0.168 e. The third-order valence-electron chi connectivity index (χ3n) is 2.62. The summed E-state index contributed by atoms with van der Waals surface area (Å²) in [5.41, 5.74) is 8.72. The highest BCUT2D eigenvalue weighted by Gasteiger charge is 1.97. The van der Waals surface area contributed by atoms with Crippen molar-refractivity contribution < 1.29 is 0 Å². The number of benzene rings is 1. The molecule has 0 bridgehead atoms. The molecule has 3 N–H and O–H groups in total. The van der Waals surface area contributed by atoms with Gasteiger partial charge < -0.3 is 11.1 Å². The highest BCUT2D eigenvalue weighted by Crippen LogP contribution is 2.11. The van der Waals surface area contributed by atoms with Gasteiger partial charge in [0.15, 0.2) is 5.11 Å². The first-order chi connectivity index (χ1) is 8.74. The number of aryl methyl sites for hydroxylation is 2. The van der Waals surface area contributed by atoms with Gasteiger partial charge in [-0.1, -0.05) is 18.2 Å². The van der Waals surface area contributed by atoms with Crippen molar-refractivity contribution in [2.75, 3.05) is 5.32 Å². The van der Waals surface area contributed by atoms with Crippen molar-refractivity contribution in [3.8, 4) is 0 Å². The van der Waals surface area contributed by atoms with Crippen LogP contribution in [0, 0.1) is 0 Å². The number of pyridine rings is 1. The summed E-state index contributed by atoms with van der Waals surface area (Å²) in [5, 5.41) is 3.19. The van der Waals surface area contributed by atoms with Crippen LogP contribution in [0.5, 0.6) is 0 Å². The minimum Gasteiger partial charge on any atom is -0.376 e. The molecule has 2 rings (SSSR count). The van der Waals surface area contributed by atoms with Crippen molar-refractivity contribution in [3.05, 3.63) is 59.9 Å². The van der Waals surface area contributed by atoms with Crippen molar-refractivity contribution in [2.45, 2.75) is 12.8 Å². The molecule has 0 atom stereocenters. The largest absolute Gasteiger partial charge is 0.376 e. The fraction of sp³-hybridized carbons (Fsp3) is 0.143. The first-order valence-corrected chi connectivity index (χ1v) is 6.20. The Balaban J connectivity index is 1.92. The van der Waals surface area contributed by atoms with Crippen LogP contribution in [0.2, 0.25) is 0 Å². The van der Waals surface area contributed by atoms with Gasteiger partial charge in [-0.2, -0.15) is 0 Å². The molecule has 0 unspecified atom stereocenters. The average molecular weight is 257 g/mol. The number of aromatic nitrogens is 1. The van der Waals surface area contributed by atoms with E-state index in [1.807, 2.05) is 36.5 Å². The zero-order valence-corrected chi connectivity index (χ0v) is 10.8. The second-order valence-corrected chi connectivity index (χ2v) is 4.45. The molecule has 0 saturated heterocycles. The van der Waals surface area contributed by atoms with E-state index in [2.05, 4.69) is 22.4 Å². The lowest BCUT2D eigenvalue weighted by Crippen LogP contribution is -2.18. The Morgan fingerprint density at radius 3 is 2.50 bits per heavy atom. The molecule has 18 heavy (non-hydrogen) atoms. The molecule has 2 aromatic rings. The maximum atomic E-state index is 5.41. The van der Waals surface area contributed by atoms with E-state index in [1.54, 1.807) is 0 Å². The SMILES string of the molecule is NC(=S)Nc1ccc(CCc2ccccn2)cc1. The van der Waals surface area contributed by atoms with E-state index in [1.165, 1.54) is 5.56 Å². The quantitative estimate of drug-likeness (QED) is 0.826. The fourth-order valence-electron chi connectivity index (χ4n) is 1.72. The lowest BCUT2D eigenvalue weighted by Gasteiger charge is -2.05. The molecule has 1 aromatic heterocycles. The van der Waals surface area contributed by atoms with Gasteiger partial charge >= 0.3 is 0 Å². The maximum absolute atomic E-state index is 5.41. The predicted molar refractivity (Wildman–Crippen MR) is 78.5 cm³/mol. The summed E-state index contributed by atoms with van der Waals surface area (Å²) >= 11 is 4.78. The summed E-state index contributed by atoms with van der Waals surface area (Å²) < 4.78 is 0. The second kappa shape index (κ2) is 6.12. The molecule has 4 heteroatoms. The van der Waals surface area contributed by atoms with Crippen LogP contribution in [0.1, 0.15) is 11.3 Å². The summed E-state index contributed by atoms with van der Waals surface area (Å²) in [7, 11) is 0. The third-order valence-corrected chi connectivity index (χ3v) is 2.72. The Bertz CT molecular complexity index is 508. The number of rotatable bonds is 4. The van der Waals surface area contributed by atoms with E-state index in [9.17, 15) is 0 Å². The molecular weight excluding hydrogens is 242 g/mol. The van der Waals surface area contributed by atoms with Gasteiger partial charge in [-0.15, -0.1) is 0 Å². The lowest BCUT2D eigenvalue weighted by atomic mass is 10.1. The van der Waals surface area contributed by atoms with Gasteiger partial charge in [0.2, 0.25) is 0 Å². The Hall–Kier alpha value is -1.94. The molecule has 0 aliphatic heterocycles. The average Bonchev–Trinajstić information content (AvgIpc) is 2.38. The molecule has 0 saturated carbocycles. The van der Waals surface area contributed by atoms with Crippen LogP contribution in [0.3, 0.4) is 0 Å². The van der Waals surface area contributed by atoms with Gasteiger partial charge in [-0.25, -0.2) is 0 Å². The fourth-order valence-corrected chi connectivity index (χ4v) is 1.83. The summed E-state index contributed by atoms with van der Waals surface area (Å²) in [6, 6.07) is 14.1. The lowest BCUT2D eigenvalue weighted by molar-refractivity contribution is 0.914. The molecule has 3 nitrogen and oxygen atoms in total. The topological polar surface area (TPSA) is 50.9 Å². The number of anilines is 1. The van der Waals surface area contributed by atoms with E-state index < -0.39 is 0 Å². The Morgan fingerprint density at radius 1 is 1.11 bits per heavy atom. The predicted octanol–water partition coefficient (Wildman–Crippen LogP) is 2.52. The van der Waals surface area contributed by atoms with Crippen LogP contribution in [-0.4, -0.2) is 10.1 Å². The highest BCUT2D eigenvalue weighted by molar-refractivity contribution is 7.80. The van der Waals surface area contributed by atoms with Gasteiger partial charge in [0.05, 0.1) is 0 Å². The molecular formula is C14H15N3S. The van der Waals surface area contributed by atoms with Gasteiger partial charge in [-0.05, 0) is 54.9 Å². The molecule has 0 amide bonds. The molecule has 0 aliphatic rings. The Morgan fingerprint density at radius 2 is 1.89 bits per heavy atom. The van der Waals surface area contributed by atoms with E-state index in [0.717, 1.165) is 24.2 Å². The van der Waals surface area contributed by atoms with Gasteiger partial charge in [-0.3, -0.25) is 4.98 Å². The molecule has 1 heterocycles. The van der Waals surface area contributed by atoms with Crippen molar-refractivity contribution in [3.63, 3.8) is 0 Å². The molecule has 1 aromatic carbocycles. The third kappa shape index (κ3) is 3.82. The number of nitrogens with two attached hydrogens (primary N) is 1. The minimum atomic E-state index is 0.288. The monoisotopic (exact) mass is 257 g/mol. The van der Waals surface area contributed by atoms with E-state index in [4.69, 9.17) is 18.0 Å².